The van der Waals surface area contributed by atoms with E-state index in [9.17, 15) is 4.21 Å². The van der Waals surface area contributed by atoms with Gasteiger partial charge < -0.3 is 4.55 Å². The van der Waals surface area contributed by atoms with Crippen molar-refractivity contribution in [1.29, 1.82) is 0 Å². The van der Waals surface area contributed by atoms with Crippen molar-refractivity contribution in [3.05, 3.63) is 23.2 Å². The maximum absolute atomic E-state index is 10.7. The lowest BCUT2D eigenvalue weighted by Gasteiger charge is -1.92. The Hall–Kier alpha value is -0.780. The highest BCUT2D eigenvalue weighted by Gasteiger charge is 2.04. The fraction of sp³-hybridized carbons (Fsp3) is 0.125. The number of hydrogen-bond donors (Lipinski definition) is 1. The van der Waals surface area contributed by atoms with E-state index in [0.717, 1.165) is 15.2 Å². The molecule has 2 aromatic rings. The largest absolute Gasteiger partial charge is 0.302 e. The molecule has 1 heterocycles. The second-order valence-electron chi connectivity index (χ2n) is 2.61. The van der Waals surface area contributed by atoms with Crippen molar-refractivity contribution >= 4 is 32.6 Å². The summed E-state index contributed by atoms with van der Waals surface area (Å²) >= 11 is -0.370. The lowest BCUT2D eigenvalue weighted by Crippen LogP contribution is -1.86. The molecule has 68 valence electrons. The van der Waals surface area contributed by atoms with Crippen LogP contribution >= 0.6 is 11.3 Å². The van der Waals surface area contributed by atoms with E-state index in [0.29, 0.717) is 4.90 Å². The monoisotopic (exact) mass is 213 g/mol. The second-order valence-corrected chi connectivity index (χ2v) is 4.82. The molecule has 1 N–H and O–H groups in total. The van der Waals surface area contributed by atoms with Crippen LogP contribution in [0.5, 0.6) is 0 Å². The zero-order chi connectivity index (χ0) is 9.42. The Labute approximate surface area is 81.7 Å². The molecule has 1 unspecified atom stereocenters. The van der Waals surface area contributed by atoms with E-state index in [2.05, 4.69) is 4.98 Å². The predicted octanol–water partition coefficient (Wildman–Crippen LogP) is 2.19. The van der Waals surface area contributed by atoms with E-state index in [4.69, 9.17) is 4.55 Å². The van der Waals surface area contributed by atoms with Crippen LogP contribution in [0, 0.1) is 6.92 Å². The van der Waals surface area contributed by atoms with Crippen LogP contribution in [0.15, 0.2) is 23.1 Å². The molecule has 1 aromatic heterocycles. The van der Waals surface area contributed by atoms with Gasteiger partial charge in [-0.05, 0) is 25.1 Å². The highest BCUT2D eigenvalue weighted by molar-refractivity contribution is 7.79. The fourth-order valence-electron chi connectivity index (χ4n) is 1.13. The molecular formula is C8H7NO2S2. The Balaban J connectivity index is 2.67. The van der Waals surface area contributed by atoms with Gasteiger partial charge in [0, 0.05) is 0 Å². The van der Waals surface area contributed by atoms with Crippen LogP contribution in [0.2, 0.25) is 0 Å². The van der Waals surface area contributed by atoms with E-state index < -0.39 is 11.1 Å². The molecule has 0 aliphatic rings. The maximum Gasteiger partial charge on any atom is 0.186 e. The van der Waals surface area contributed by atoms with E-state index in [-0.39, 0.29) is 0 Å². The zero-order valence-corrected chi connectivity index (χ0v) is 8.48. The van der Waals surface area contributed by atoms with Gasteiger partial charge in [-0.2, -0.15) is 0 Å². The summed E-state index contributed by atoms with van der Waals surface area (Å²) < 4.78 is 20.5. The van der Waals surface area contributed by atoms with E-state index >= 15 is 0 Å². The molecule has 5 heteroatoms. The van der Waals surface area contributed by atoms with Crippen LogP contribution < -0.4 is 0 Å². The Bertz CT molecular complexity index is 478. The first kappa shape index (κ1) is 8.80. The maximum atomic E-state index is 10.7. The molecule has 0 bridgehead atoms. The Morgan fingerprint density at radius 2 is 2.31 bits per heavy atom. The molecule has 0 amide bonds. The molecule has 0 saturated heterocycles. The standard InChI is InChI=1S/C8H7NO2S2/c1-5-9-7-3-2-6(13(10)11)4-8(7)12-5/h2-4H,1H3,(H,10,11). The normalized spacial score (nSPS) is 13.4. The number of nitrogens with zero attached hydrogens (tertiary/aromatic N) is 1. The molecule has 0 aliphatic heterocycles. The molecule has 3 nitrogen and oxygen atoms in total. The van der Waals surface area contributed by atoms with Gasteiger partial charge in [-0.15, -0.1) is 11.3 Å². The summed E-state index contributed by atoms with van der Waals surface area (Å²) in [5.41, 5.74) is 0.886. The van der Waals surface area contributed by atoms with E-state index in [1.54, 1.807) is 18.2 Å². The second kappa shape index (κ2) is 3.17. The molecule has 0 saturated carbocycles. The number of aryl methyl sites for hydroxylation is 1. The number of fused-ring (bicyclic) bond motifs is 1. The number of hydrogen-bond acceptors (Lipinski definition) is 3. The minimum atomic E-state index is -1.90. The summed E-state index contributed by atoms with van der Waals surface area (Å²) in [6.07, 6.45) is 0. The summed E-state index contributed by atoms with van der Waals surface area (Å²) in [6.45, 7) is 1.92. The molecule has 0 radical (unpaired) electrons. The third kappa shape index (κ3) is 1.63. The number of benzene rings is 1. The molecule has 0 fully saturated rings. The topological polar surface area (TPSA) is 50.2 Å². The minimum Gasteiger partial charge on any atom is -0.302 e. The van der Waals surface area contributed by atoms with Crippen molar-refractivity contribution in [1.82, 2.24) is 4.98 Å². The zero-order valence-electron chi connectivity index (χ0n) is 6.85. The highest BCUT2D eigenvalue weighted by atomic mass is 32.2. The van der Waals surface area contributed by atoms with Gasteiger partial charge in [-0.1, -0.05) is 0 Å². The first-order valence-electron chi connectivity index (χ1n) is 3.65. The molecule has 1 atom stereocenters. The van der Waals surface area contributed by atoms with Gasteiger partial charge in [0.2, 0.25) is 0 Å². The van der Waals surface area contributed by atoms with Crippen molar-refractivity contribution in [2.24, 2.45) is 0 Å². The van der Waals surface area contributed by atoms with Crippen molar-refractivity contribution < 1.29 is 8.76 Å². The van der Waals surface area contributed by atoms with Crippen LogP contribution in [0.4, 0.5) is 0 Å². The van der Waals surface area contributed by atoms with Gasteiger partial charge >= 0.3 is 0 Å². The molecule has 0 aliphatic carbocycles. The van der Waals surface area contributed by atoms with E-state index in [1.165, 1.54) is 11.3 Å². The van der Waals surface area contributed by atoms with Crippen LogP contribution in [0.25, 0.3) is 10.2 Å². The summed E-state index contributed by atoms with van der Waals surface area (Å²) in [6, 6.07) is 5.09. The van der Waals surface area contributed by atoms with Crippen LogP contribution in [0.1, 0.15) is 5.01 Å². The first-order chi connectivity index (χ1) is 6.16. The third-order valence-corrected chi connectivity index (χ3v) is 3.26. The highest BCUT2D eigenvalue weighted by Crippen LogP contribution is 2.23. The van der Waals surface area contributed by atoms with Gasteiger partial charge in [0.05, 0.1) is 20.1 Å². The Morgan fingerprint density at radius 3 is 3.00 bits per heavy atom. The van der Waals surface area contributed by atoms with Crippen molar-refractivity contribution in [3.63, 3.8) is 0 Å². The van der Waals surface area contributed by atoms with Gasteiger partial charge in [-0.3, -0.25) is 0 Å². The van der Waals surface area contributed by atoms with Gasteiger partial charge in [0.25, 0.3) is 0 Å². The molecular weight excluding hydrogens is 206 g/mol. The summed E-state index contributed by atoms with van der Waals surface area (Å²) in [7, 11) is 0. The minimum absolute atomic E-state index is 0.427. The summed E-state index contributed by atoms with van der Waals surface area (Å²) in [4.78, 5) is 4.68. The number of thiazole rings is 1. The summed E-state index contributed by atoms with van der Waals surface area (Å²) in [5.74, 6) is 0. The Kier molecular flexibility index (Phi) is 2.15. The average Bonchev–Trinajstić information content (AvgIpc) is 2.42. The van der Waals surface area contributed by atoms with Crippen molar-refractivity contribution in [2.45, 2.75) is 11.8 Å². The van der Waals surface area contributed by atoms with Crippen LogP contribution in [-0.4, -0.2) is 13.7 Å². The SMILES string of the molecule is Cc1nc2ccc(S(=O)O)cc2s1. The Morgan fingerprint density at radius 1 is 1.54 bits per heavy atom. The van der Waals surface area contributed by atoms with Gasteiger partial charge in [0.1, 0.15) is 0 Å². The number of aromatic nitrogens is 1. The molecule has 13 heavy (non-hydrogen) atoms. The quantitative estimate of drug-likeness (QED) is 0.739. The van der Waals surface area contributed by atoms with Crippen LogP contribution in [-0.2, 0) is 11.1 Å². The lowest BCUT2D eigenvalue weighted by atomic mass is 10.3. The first-order valence-corrected chi connectivity index (χ1v) is 5.57. The average molecular weight is 213 g/mol. The fourth-order valence-corrected chi connectivity index (χ4v) is 2.47. The van der Waals surface area contributed by atoms with Crippen molar-refractivity contribution in [2.75, 3.05) is 0 Å². The van der Waals surface area contributed by atoms with Gasteiger partial charge in [0.15, 0.2) is 11.1 Å². The third-order valence-electron chi connectivity index (χ3n) is 1.67. The molecule has 2 rings (SSSR count). The smallest absolute Gasteiger partial charge is 0.186 e. The number of rotatable bonds is 1. The summed E-state index contributed by atoms with van der Waals surface area (Å²) in [5, 5.41) is 0.968. The predicted molar refractivity (Wildman–Crippen MR) is 53.4 cm³/mol. The van der Waals surface area contributed by atoms with Crippen molar-refractivity contribution in [3.8, 4) is 0 Å². The lowest BCUT2D eigenvalue weighted by molar-refractivity contribution is 0.564. The molecule has 1 aromatic carbocycles. The van der Waals surface area contributed by atoms with Gasteiger partial charge in [-0.25, -0.2) is 9.19 Å². The van der Waals surface area contributed by atoms with E-state index in [1.807, 2.05) is 6.92 Å². The molecule has 0 spiro atoms. The van der Waals surface area contributed by atoms with Crippen LogP contribution in [0.3, 0.4) is 0 Å².